The third-order valence-corrected chi connectivity index (χ3v) is 1.51. The van der Waals surface area contributed by atoms with E-state index in [1.807, 2.05) is 0 Å². The first kappa shape index (κ1) is 9.63. The van der Waals surface area contributed by atoms with Crippen LogP contribution in [0.2, 0.25) is 0 Å². The van der Waals surface area contributed by atoms with Crippen LogP contribution in [-0.4, -0.2) is 18.8 Å². The minimum absolute atomic E-state index is 0.754. The van der Waals surface area contributed by atoms with Gasteiger partial charge < -0.3 is 5.73 Å². The van der Waals surface area contributed by atoms with E-state index in [0.29, 0.717) is 0 Å². The standard InChI is InChI=1S/C8H18N2/c1-3-8(4-2)10-7-5-6-9/h3-7,9H2,1-2H3. The molecule has 0 aliphatic rings. The van der Waals surface area contributed by atoms with Gasteiger partial charge in [0.15, 0.2) is 0 Å². The molecule has 0 aliphatic heterocycles. The van der Waals surface area contributed by atoms with Crippen molar-refractivity contribution in [2.75, 3.05) is 13.1 Å². The molecule has 0 radical (unpaired) electrons. The molecule has 0 aromatic carbocycles. The van der Waals surface area contributed by atoms with E-state index in [-0.39, 0.29) is 0 Å². The summed E-state index contributed by atoms with van der Waals surface area (Å²) < 4.78 is 0. The molecule has 0 aromatic heterocycles. The topological polar surface area (TPSA) is 38.4 Å². The number of nitrogens with two attached hydrogens (primary N) is 1. The average Bonchev–Trinajstić information content (AvgIpc) is 1.99. The van der Waals surface area contributed by atoms with Gasteiger partial charge in [-0.05, 0) is 25.8 Å². The van der Waals surface area contributed by atoms with Crippen LogP contribution in [-0.2, 0) is 0 Å². The molecule has 10 heavy (non-hydrogen) atoms. The lowest BCUT2D eigenvalue weighted by Crippen LogP contribution is -2.02. The van der Waals surface area contributed by atoms with E-state index < -0.39 is 0 Å². The Morgan fingerprint density at radius 1 is 1.30 bits per heavy atom. The lowest BCUT2D eigenvalue weighted by molar-refractivity contribution is 0.838. The van der Waals surface area contributed by atoms with E-state index in [9.17, 15) is 0 Å². The molecule has 0 spiro atoms. The summed E-state index contributed by atoms with van der Waals surface area (Å²) in [6, 6.07) is 0. The van der Waals surface area contributed by atoms with Crippen LogP contribution >= 0.6 is 0 Å². The van der Waals surface area contributed by atoms with E-state index >= 15 is 0 Å². The fourth-order valence-corrected chi connectivity index (χ4v) is 0.802. The third-order valence-electron chi connectivity index (χ3n) is 1.51. The van der Waals surface area contributed by atoms with Gasteiger partial charge in [-0.25, -0.2) is 0 Å². The minimum Gasteiger partial charge on any atom is -0.330 e. The van der Waals surface area contributed by atoms with Crippen molar-refractivity contribution in [1.29, 1.82) is 0 Å². The number of rotatable bonds is 5. The average molecular weight is 142 g/mol. The summed E-state index contributed by atoms with van der Waals surface area (Å²) in [6.07, 6.45) is 3.19. The first-order chi connectivity index (χ1) is 4.85. The normalized spacial score (nSPS) is 9.50. The molecular weight excluding hydrogens is 124 g/mol. The fraction of sp³-hybridized carbons (Fsp3) is 0.875. The first-order valence-corrected chi connectivity index (χ1v) is 4.07. The smallest absolute Gasteiger partial charge is 0.0400 e. The van der Waals surface area contributed by atoms with Gasteiger partial charge in [-0.1, -0.05) is 13.8 Å². The maximum atomic E-state index is 5.33. The molecule has 0 fully saturated rings. The van der Waals surface area contributed by atoms with Crippen molar-refractivity contribution in [3.05, 3.63) is 0 Å². The number of hydrogen-bond donors (Lipinski definition) is 1. The molecule has 60 valence electrons. The van der Waals surface area contributed by atoms with Gasteiger partial charge in [0, 0.05) is 12.3 Å². The van der Waals surface area contributed by atoms with Crippen molar-refractivity contribution < 1.29 is 0 Å². The van der Waals surface area contributed by atoms with E-state index in [1.165, 1.54) is 5.71 Å². The number of hydrogen-bond acceptors (Lipinski definition) is 2. The Labute approximate surface area is 63.5 Å². The van der Waals surface area contributed by atoms with Crippen LogP contribution in [0.15, 0.2) is 4.99 Å². The molecule has 2 heteroatoms. The van der Waals surface area contributed by atoms with E-state index in [2.05, 4.69) is 18.8 Å². The van der Waals surface area contributed by atoms with Crippen molar-refractivity contribution in [3.63, 3.8) is 0 Å². The van der Waals surface area contributed by atoms with Crippen LogP contribution in [0.1, 0.15) is 33.1 Å². The zero-order chi connectivity index (χ0) is 7.82. The molecule has 2 nitrogen and oxygen atoms in total. The van der Waals surface area contributed by atoms with Crippen molar-refractivity contribution in [2.24, 2.45) is 10.7 Å². The molecule has 0 saturated carbocycles. The van der Waals surface area contributed by atoms with Gasteiger partial charge in [-0.2, -0.15) is 0 Å². The predicted octanol–water partition coefficient (Wildman–Crippen LogP) is 1.60. The lowest BCUT2D eigenvalue weighted by Gasteiger charge is -1.97. The largest absolute Gasteiger partial charge is 0.330 e. The van der Waals surface area contributed by atoms with Crippen LogP contribution < -0.4 is 5.73 Å². The molecule has 0 atom stereocenters. The van der Waals surface area contributed by atoms with Gasteiger partial charge in [0.05, 0.1) is 0 Å². The molecule has 0 amide bonds. The summed E-state index contributed by atoms with van der Waals surface area (Å²) in [7, 11) is 0. The van der Waals surface area contributed by atoms with Crippen LogP contribution in [0.5, 0.6) is 0 Å². The summed E-state index contributed by atoms with van der Waals surface area (Å²) in [5, 5.41) is 0. The van der Waals surface area contributed by atoms with E-state index in [4.69, 9.17) is 5.73 Å². The zero-order valence-electron chi connectivity index (χ0n) is 7.06. The minimum atomic E-state index is 0.754. The van der Waals surface area contributed by atoms with Gasteiger partial charge >= 0.3 is 0 Å². The maximum absolute atomic E-state index is 5.33. The highest BCUT2D eigenvalue weighted by atomic mass is 14.7. The first-order valence-electron chi connectivity index (χ1n) is 4.07. The summed E-state index contributed by atoms with van der Waals surface area (Å²) in [5.41, 5.74) is 6.64. The fourth-order valence-electron chi connectivity index (χ4n) is 0.802. The molecule has 0 saturated heterocycles. The molecule has 0 rings (SSSR count). The van der Waals surface area contributed by atoms with Gasteiger partial charge in [-0.15, -0.1) is 0 Å². The Balaban J connectivity index is 3.43. The van der Waals surface area contributed by atoms with Crippen LogP contribution in [0.3, 0.4) is 0 Å². The van der Waals surface area contributed by atoms with Gasteiger partial charge in [0.1, 0.15) is 0 Å². The van der Waals surface area contributed by atoms with Crippen molar-refractivity contribution in [3.8, 4) is 0 Å². The summed E-state index contributed by atoms with van der Waals surface area (Å²) >= 11 is 0. The molecule has 2 N–H and O–H groups in total. The van der Waals surface area contributed by atoms with Crippen molar-refractivity contribution in [1.82, 2.24) is 0 Å². The van der Waals surface area contributed by atoms with Crippen LogP contribution in [0.4, 0.5) is 0 Å². The SMILES string of the molecule is CCC(CC)=NCCCN. The molecule has 0 aliphatic carbocycles. The molecule has 0 bridgehead atoms. The second-order valence-corrected chi connectivity index (χ2v) is 2.30. The number of aliphatic imine (C=N–C) groups is 1. The van der Waals surface area contributed by atoms with Crippen molar-refractivity contribution >= 4 is 5.71 Å². The Morgan fingerprint density at radius 3 is 2.30 bits per heavy atom. The van der Waals surface area contributed by atoms with Crippen molar-refractivity contribution in [2.45, 2.75) is 33.1 Å². The highest BCUT2D eigenvalue weighted by Gasteiger charge is 1.89. The third kappa shape index (κ3) is 4.50. The van der Waals surface area contributed by atoms with Gasteiger partial charge in [-0.3, -0.25) is 4.99 Å². The quantitative estimate of drug-likeness (QED) is 0.459. The highest BCUT2D eigenvalue weighted by molar-refractivity contribution is 5.83. The molecule has 0 unspecified atom stereocenters. The van der Waals surface area contributed by atoms with Crippen LogP contribution in [0, 0.1) is 0 Å². The molecular formula is C8H18N2. The van der Waals surface area contributed by atoms with Crippen LogP contribution in [0.25, 0.3) is 0 Å². The maximum Gasteiger partial charge on any atom is 0.0400 e. The second-order valence-electron chi connectivity index (χ2n) is 2.30. The monoisotopic (exact) mass is 142 g/mol. The Hall–Kier alpha value is -0.370. The lowest BCUT2D eigenvalue weighted by atomic mass is 10.2. The van der Waals surface area contributed by atoms with E-state index in [0.717, 1.165) is 32.4 Å². The summed E-state index contributed by atoms with van der Waals surface area (Å²) in [5.74, 6) is 0. The highest BCUT2D eigenvalue weighted by Crippen LogP contribution is 1.92. The Kier molecular flexibility index (Phi) is 6.50. The van der Waals surface area contributed by atoms with E-state index in [1.54, 1.807) is 0 Å². The molecule has 0 heterocycles. The number of nitrogens with zero attached hydrogens (tertiary/aromatic N) is 1. The molecule has 0 aromatic rings. The second kappa shape index (κ2) is 6.75. The predicted molar refractivity (Wildman–Crippen MR) is 46.6 cm³/mol. The Morgan fingerprint density at radius 2 is 1.90 bits per heavy atom. The van der Waals surface area contributed by atoms with Gasteiger partial charge in [0.2, 0.25) is 0 Å². The summed E-state index contributed by atoms with van der Waals surface area (Å²) in [4.78, 5) is 4.39. The van der Waals surface area contributed by atoms with Gasteiger partial charge in [0.25, 0.3) is 0 Å². The summed E-state index contributed by atoms with van der Waals surface area (Å²) in [6.45, 7) is 5.95. The Bertz CT molecular complexity index is 91.4. The zero-order valence-corrected chi connectivity index (χ0v) is 7.06.